The molecule has 1 aromatic carbocycles. The minimum Gasteiger partial charge on any atom is -0.396 e. The number of nitrogens with two attached hydrogens (primary N) is 1. The van der Waals surface area contributed by atoms with Crippen LogP contribution in [-0.2, 0) is 10.0 Å². The van der Waals surface area contributed by atoms with Crippen LogP contribution in [0.5, 0.6) is 0 Å². The van der Waals surface area contributed by atoms with Crippen molar-refractivity contribution >= 4 is 15.7 Å². The summed E-state index contributed by atoms with van der Waals surface area (Å²) in [5.74, 6) is -0.324. The third-order valence-electron chi connectivity index (χ3n) is 4.24. The molecule has 20 heavy (non-hydrogen) atoms. The van der Waals surface area contributed by atoms with Crippen LogP contribution in [0.3, 0.4) is 0 Å². The minimum atomic E-state index is -3.69. The van der Waals surface area contributed by atoms with Gasteiger partial charge in [0.15, 0.2) is 0 Å². The number of nitrogen functional groups attached to an aromatic ring is 1. The van der Waals surface area contributed by atoms with E-state index in [1.807, 2.05) is 0 Å². The lowest BCUT2D eigenvalue weighted by Crippen LogP contribution is -2.57. The van der Waals surface area contributed by atoms with E-state index in [1.165, 1.54) is 12.1 Å². The number of hydrogen-bond acceptors (Lipinski definition) is 4. The number of nitrogens with zero attached hydrogens (tertiary/aromatic N) is 1. The fourth-order valence-corrected chi connectivity index (χ4v) is 4.35. The van der Waals surface area contributed by atoms with Crippen LogP contribution in [-0.4, -0.2) is 39.0 Å². The van der Waals surface area contributed by atoms with Crippen LogP contribution in [0.25, 0.3) is 0 Å². The highest BCUT2D eigenvalue weighted by Gasteiger charge is 2.36. The van der Waals surface area contributed by atoms with Crippen molar-refractivity contribution in [3.63, 3.8) is 0 Å². The van der Waals surface area contributed by atoms with Gasteiger partial charge in [0.2, 0.25) is 10.0 Å². The summed E-state index contributed by atoms with van der Waals surface area (Å²) in [7, 11) is -3.69. The first-order valence-electron chi connectivity index (χ1n) is 6.75. The molecule has 5 nitrogen and oxygen atoms in total. The van der Waals surface area contributed by atoms with Gasteiger partial charge in [-0.1, -0.05) is 0 Å². The first kappa shape index (κ1) is 13.8. The Bertz CT molecular complexity index is 612. The summed E-state index contributed by atoms with van der Waals surface area (Å²) in [6, 6.07) is 3.50. The molecule has 2 bridgehead atoms. The summed E-state index contributed by atoms with van der Waals surface area (Å²) in [6.07, 6.45) is 2.03. The Labute approximate surface area is 118 Å². The number of nitrogens with one attached hydrogen (secondary N) is 1. The van der Waals surface area contributed by atoms with Crippen LogP contribution < -0.4 is 10.5 Å². The van der Waals surface area contributed by atoms with E-state index in [4.69, 9.17) is 5.73 Å². The quantitative estimate of drug-likeness (QED) is 0.809. The molecule has 3 aliphatic heterocycles. The van der Waals surface area contributed by atoms with Crippen LogP contribution in [0.2, 0.25) is 0 Å². The second-order valence-corrected chi connectivity index (χ2v) is 7.26. The molecule has 0 amide bonds. The number of halogens is 1. The molecule has 3 N–H and O–H groups in total. The van der Waals surface area contributed by atoms with Crippen molar-refractivity contribution < 1.29 is 12.8 Å². The number of piperidine rings is 3. The topological polar surface area (TPSA) is 75.4 Å². The van der Waals surface area contributed by atoms with E-state index in [0.29, 0.717) is 5.92 Å². The third-order valence-corrected chi connectivity index (χ3v) is 5.73. The van der Waals surface area contributed by atoms with E-state index in [9.17, 15) is 12.8 Å². The lowest BCUT2D eigenvalue weighted by molar-refractivity contribution is 0.0827. The van der Waals surface area contributed by atoms with Gasteiger partial charge < -0.3 is 10.6 Å². The van der Waals surface area contributed by atoms with Crippen LogP contribution in [0.15, 0.2) is 23.1 Å². The van der Waals surface area contributed by atoms with Gasteiger partial charge in [-0.2, -0.15) is 0 Å². The van der Waals surface area contributed by atoms with Crippen LogP contribution in [0.1, 0.15) is 12.8 Å². The summed E-state index contributed by atoms with van der Waals surface area (Å²) in [6.45, 7) is 2.82. The van der Waals surface area contributed by atoms with Crippen LogP contribution >= 0.6 is 0 Å². The Hall–Kier alpha value is -1.18. The summed E-state index contributed by atoms with van der Waals surface area (Å²) in [4.78, 5) is 2.19. The second-order valence-electron chi connectivity index (χ2n) is 5.55. The molecule has 0 aromatic heterocycles. The molecule has 3 heterocycles. The second kappa shape index (κ2) is 4.98. The van der Waals surface area contributed by atoms with Gasteiger partial charge >= 0.3 is 0 Å². The monoisotopic (exact) mass is 299 g/mol. The van der Waals surface area contributed by atoms with Gasteiger partial charge in [0.25, 0.3) is 0 Å². The largest absolute Gasteiger partial charge is 0.396 e. The Morgan fingerprint density at radius 2 is 2.00 bits per heavy atom. The van der Waals surface area contributed by atoms with Crippen molar-refractivity contribution in [1.82, 2.24) is 9.62 Å². The molecule has 0 spiro atoms. The summed E-state index contributed by atoms with van der Waals surface area (Å²) < 4.78 is 40.7. The molecule has 0 radical (unpaired) electrons. The van der Waals surface area contributed by atoms with Crippen molar-refractivity contribution in [2.75, 3.05) is 25.4 Å². The SMILES string of the molecule is Nc1ccc(S(=O)(=O)NC2CN3CCC2CC3)cc1F. The average molecular weight is 299 g/mol. The molecular formula is C13H18FN3O2S. The Morgan fingerprint density at radius 1 is 1.30 bits per heavy atom. The fraction of sp³-hybridized carbons (Fsp3) is 0.538. The minimum absolute atomic E-state index is 0.0493. The van der Waals surface area contributed by atoms with E-state index < -0.39 is 15.8 Å². The maximum atomic E-state index is 13.4. The van der Waals surface area contributed by atoms with Crippen molar-refractivity contribution in [3.05, 3.63) is 24.0 Å². The molecule has 3 aliphatic rings. The summed E-state index contributed by atoms with van der Waals surface area (Å²) >= 11 is 0. The lowest BCUT2D eigenvalue weighted by Gasteiger charge is -2.44. The van der Waals surface area contributed by atoms with Gasteiger partial charge in [0.05, 0.1) is 10.6 Å². The molecule has 110 valence electrons. The predicted molar refractivity (Wildman–Crippen MR) is 74.1 cm³/mol. The van der Waals surface area contributed by atoms with E-state index >= 15 is 0 Å². The molecule has 0 aliphatic carbocycles. The van der Waals surface area contributed by atoms with Crippen molar-refractivity contribution in [2.45, 2.75) is 23.8 Å². The zero-order chi connectivity index (χ0) is 14.3. The smallest absolute Gasteiger partial charge is 0.240 e. The predicted octanol–water partition coefficient (Wildman–Crippen LogP) is 0.780. The van der Waals surface area contributed by atoms with Gasteiger partial charge in [-0.3, -0.25) is 0 Å². The maximum absolute atomic E-state index is 13.4. The number of sulfonamides is 1. The highest BCUT2D eigenvalue weighted by Crippen LogP contribution is 2.28. The van der Waals surface area contributed by atoms with Crippen molar-refractivity contribution in [3.8, 4) is 0 Å². The highest BCUT2D eigenvalue weighted by molar-refractivity contribution is 7.89. The van der Waals surface area contributed by atoms with E-state index in [2.05, 4.69) is 9.62 Å². The molecule has 1 unspecified atom stereocenters. The fourth-order valence-electron chi connectivity index (χ4n) is 3.04. The summed E-state index contributed by atoms with van der Waals surface area (Å²) in [5.41, 5.74) is 5.32. The van der Waals surface area contributed by atoms with E-state index in [1.54, 1.807) is 0 Å². The normalized spacial score (nSPS) is 29.6. The molecule has 1 atom stereocenters. The average Bonchev–Trinajstić information content (AvgIpc) is 2.42. The molecule has 0 saturated carbocycles. The van der Waals surface area contributed by atoms with Crippen LogP contribution in [0.4, 0.5) is 10.1 Å². The highest BCUT2D eigenvalue weighted by atomic mass is 32.2. The number of rotatable bonds is 3. The van der Waals surface area contributed by atoms with E-state index in [0.717, 1.165) is 38.5 Å². The maximum Gasteiger partial charge on any atom is 0.240 e. The third kappa shape index (κ3) is 2.53. The molecule has 7 heteroatoms. The number of fused-ring (bicyclic) bond motifs is 3. The molecule has 3 saturated heterocycles. The molecule has 4 rings (SSSR count). The van der Waals surface area contributed by atoms with Gasteiger partial charge in [0.1, 0.15) is 5.82 Å². The number of benzene rings is 1. The zero-order valence-electron chi connectivity index (χ0n) is 11.0. The lowest BCUT2D eigenvalue weighted by atomic mass is 9.85. The number of anilines is 1. The number of hydrogen-bond donors (Lipinski definition) is 2. The molecule has 3 fully saturated rings. The van der Waals surface area contributed by atoms with Crippen molar-refractivity contribution in [2.24, 2.45) is 5.92 Å². The van der Waals surface area contributed by atoms with Gasteiger partial charge in [-0.25, -0.2) is 17.5 Å². The Morgan fingerprint density at radius 3 is 2.55 bits per heavy atom. The Kier molecular flexibility index (Phi) is 3.43. The van der Waals surface area contributed by atoms with Gasteiger partial charge in [-0.05, 0) is 50.0 Å². The van der Waals surface area contributed by atoms with Crippen molar-refractivity contribution in [1.29, 1.82) is 0 Å². The van der Waals surface area contributed by atoms with Gasteiger partial charge in [0, 0.05) is 12.6 Å². The molecule has 1 aromatic rings. The van der Waals surface area contributed by atoms with Gasteiger partial charge in [-0.15, -0.1) is 0 Å². The standard InChI is InChI=1S/C13H18FN3O2S/c14-11-7-10(1-2-12(11)15)20(18,19)16-13-8-17-5-3-9(13)4-6-17/h1-2,7,9,13,16H,3-6,8,15H2. The van der Waals surface area contributed by atoms with E-state index in [-0.39, 0.29) is 16.6 Å². The first-order valence-corrected chi connectivity index (χ1v) is 8.24. The zero-order valence-corrected chi connectivity index (χ0v) is 11.9. The first-order chi connectivity index (χ1) is 9.45. The Balaban J connectivity index is 1.80. The molecular weight excluding hydrogens is 281 g/mol. The summed E-state index contributed by atoms with van der Waals surface area (Å²) in [5, 5.41) is 0. The van der Waals surface area contributed by atoms with Crippen LogP contribution in [0, 0.1) is 11.7 Å².